The molecule has 1 aliphatic carbocycles. The smallest absolute Gasteiger partial charge is 0.136 e. The number of anilines is 1. The standard InChI is InChI=1S/C13H19N3S/c1-9-5-8-15-12(10(9)11(14)17)16-13(2)6-3-4-7-13/h5,8H,3-4,6-7H2,1-2H3,(H2,14,17)(H,15,16). The van der Waals surface area contributed by atoms with E-state index >= 15 is 0 Å². The van der Waals surface area contributed by atoms with Crippen LogP contribution in [0.15, 0.2) is 12.3 Å². The number of rotatable bonds is 3. The van der Waals surface area contributed by atoms with Gasteiger partial charge in [0.05, 0.1) is 5.56 Å². The van der Waals surface area contributed by atoms with Crippen LogP contribution in [0.25, 0.3) is 0 Å². The van der Waals surface area contributed by atoms with Crippen LogP contribution in [-0.4, -0.2) is 15.5 Å². The van der Waals surface area contributed by atoms with E-state index < -0.39 is 0 Å². The van der Waals surface area contributed by atoms with Gasteiger partial charge in [0.2, 0.25) is 0 Å². The summed E-state index contributed by atoms with van der Waals surface area (Å²) >= 11 is 5.11. The SMILES string of the molecule is Cc1ccnc(NC2(C)CCCC2)c1C(N)=S. The Balaban J connectivity index is 2.32. The van der Waals surface area contributed by atoms with Gasteiger partial charge in [-0.2, -0.15) is 0 Å². The van der Waals surface area contributed by atoms with Gasteiger partial charge in [-0.25, -0.2) is 4.98 Å². The largest absolute Gasteiger partial charge is 0.389 e. The van der Waals surface area contributed by atoms with Crippen LogP contribution < -0.4 is 11.1 Å². The van der Waals surface area contributed by atoms with Gasteiger partial charge in [-0.3, -0.25) is 0 Å². The topological polar surface area (TPSA) is 50.9 Å². The summed E-state index contributed by atoms with van der Waals surface area (Å²) < 4.78 is 0. The Morgan fingerprint density at radius 2 is 2.12 bits per heavy atom. The maximum absolute atomic E-state index is 5.78. The number of aromatic nitrogens is 1. The van der Waals surface area contributed by atoms with Crippen molar-refractivity contribution in [3.63, 3.8) is 0 Å². The van der Waals surface area contributed by atoms with Gasteiger partial charge in [0.1, 0.15) is 10.8 Å². The Kier molecular flexibility index (Phi) is 3.33. The third kappa shape index (κ3) is 2.57. The van der Waals surface area contributed by atoms with Crippen molar-refractivity contribution in [2.24, 2.45) is 5.73 Å². The summed E-state index contributed by atoms with van der Waals surface area (Å²) in [6, 6.07) is 1.94. The number of nitrogens with one attached hydrogen (secondary N) is 1. The van der Waals surface area contributed by atoms with Crippen LogP contribution >= 0.6 is 12.2 Å². The molecule has 0 aliphatic heterocycles. The molecule has 0 aromatic carbocycles. The molecule has 1 aromatic rings. The second kappa shape index (κ2) is 4.61. The number of hydrogen-bond donors (Lipinski definition) is 2. The van der Waals surface area contributed by atoms with Crippen LogP contribution in [0.1, 0.15) is 43.7 Å². The highest BCUT2D eigenvalue weighted by molar-refractivity contribution is 7.80. The molecule has 0 saturated heterocycles. The fourth-order valence-electron chi connectivity index (χ4n) is 2.53. The summed E-state index contributed by atoms with van der Waals surface area (Å²) in [6.07, 6.45) is 6.71. The molecular formula is C13H19N3S. The van der Waals surface area contributed by atoms with Crippen molar-refractivity contribution < 1.29 is 0 Å². The van der Waals surface area contributed by atoms with E-state index in [0.717, 1.165) is 16.9 Å². The molecule has 4 heteroatoms. The van der Waals surface area contributed by atoms with Gasteiger partial charge in [-0.1, -0.05) is 25.1 Å². The Bertz CT molecular complexity index is 436. The van der Waals surface area contributed by atoms with Gasteiger partial charge in [0, 0.05) is 11.7 Å². The van der Waals surface area contributed by atoms with Crippen molar-refractivity contribution in [3.05, 3.63) is 23.4 Å². The highest BCUT2D eigenvalue weighted by Crippen LogP contribution is 2.33. The molecule has 3 N–H and O–H groups in total. The quantitative estimate of drug-likeness (QED) is 0.809. The summed E-state index contributed by atoms with van der Waals surface area (Å²) in [5.74, 6) is 0.835. The minimum absolute atomic E-state index is 0.139. The molecule has 0 radical (unpaired) electrons. The van der Waals surface area contributed by atoms with E-state index in [4.69, 9.17) is 18.0 Å². The Morgan fingerprint density at radius 3 is 2.71 bits per heavy atom. The van der Waals surface area contributed by atoms with Crippen LogP contribution in [0.2, 0.25) is 0 Å². The van der Waals surface area contributed by atoms with Crippen LogP contribution in [0, 0.1) is 6.92 Å². The van der Waals surface area contributed by atoms with Gasteiger partial charge in [-0.15, -0.1) is 0 Å². The molecule has 0 atom stereocenters. The van der Waals surface area contributed by atoms with Crippen LogP contribution in [-0.2, 0) is 0 Å². The van der Waals surface area contributed by atoms with Gasteiger partial charge < -0.3 is 11.1 Å². The number of aryl methyl sites for hydroxylation is 1. The first kappa shape index (κ1) is 12.3. The molecule has 0 spiro atoms. The fraction of sp³-hybridized carbons (Fsp3) is 0.538. The van der Waals surface area contributed by atoms with E-state index in [1.807, 2.05) is 13.0 Å². The molecule has 1 heterocycles. The summed E-state index contributed by atoms with van der Waals surface area (Å²) in [4.78, 5) is 4.81. The zero-order valence-electron chi connectivity index (χ0n) is 10.4. The number of nitrogens with two attached hydrogens (primary N) is 1. The molecule has 17 heavy (non-hydrogen) atoms. The monoisotopic (exact) mass is 249 g/mol. The predicted molar refractivity (Wildman–Crippen MR) is 75.4 cm³/mol. The van der Waals surface area contributed by atoms with Crippen molar-refractivity contribution in [2.45, 2.75) is 45.1 Å². The van der Waals surface area contributed by atoms with Crippen molar-refractivity contribution >= 4 is 23.0 Å². The van der Waals surface area contributed by atoms with E-state index in [1.165, 1.54) is 25.7 Å². The summed E-state index contributed by atoms with van der Waals surface area (Å²) in [5.41, 5.74) is 7.89. The van der Waals surface area contributed by atoms with Gasteiger partial charge in [-0.05, 0) is 38.3 Å². The average molecular weight is 249 g/mol. The van der Waals surface area contributed by atoms with Crippen LogP contribution in [0.4, 0.5) is 5.82 Å². The molecule has 2 rings (SSSR count). The molecule has 1 aliphatic rings. The first-order valence-corrected chi connectivity index (χ1v) is 6.46. The number of hydrogen-bond acceptors (Lipinski definition) is 3. The lowest BCUT2D eigenvalue weighted by Crippen LogP contribution is -2.32. The van der Waals surface area contributed by atoms with E-state index in [9.17, 15) is 0 Å². The molecule has 0 bridgehead atoms. The number of pyridine rings is 1. The first-order valence-electron chi connectivity index (χ1n) is 6.05. The minimum Gasteiger partial charge on any atom is -0.389 e. The lowest BCUT2D eigenvalue weighted by molar-refractivity contribution is 0.531. The van der Waals surface area contributed by atoms with Crippen LogP contribution in [0.3, 0.4) is 0 Å². The second-order valence-electron chi connectivity index (χ2n) is 5.11. The maximum atomic E-state index is 5.78. The maximum Gasteiger partial charge on any atom is 0.136 e. The third-order valence-electron chi connectivity index (χ3n) is 3.53. The normalized spacial score (nSPS) is 18.0. The van der Waals surface area contributed by atoms with E-state index in [0.29, 0.717) is 4.99 Å². The zero-order valence-corrected chi connectivity index (χ0v) is 11.2. The fourth-order valence-corrected chi connectivity index (χ4v) is 2.79. The van der Waals surface area contributed by atoms with Gasteiger partial charge in [0.25, 0.3) is 0 Å². The number of nitrogens with zero attached hydrogens (tertiary/aromatic N) is 1. The lowest BCUT2D eigenvalue weighted by Gasteiger charge is -2.27. The highest BCUT2D eigenvalue weighted by Gasteiger charge is 2.29. The predicted octanol–water partition coefficient (Wildman–Crippen LogP) is 2.77. The molecule has 3 nitrogen and oxygen atoms in total. The third-order valence-corrected chi connectivity index (χ3v) is 3.74. The average Bonchev–Trinajstić information content (AvgIpc) is 2.64. The first-order chi connectivity index (χ1) is 8.02. The lowest BCUT2D eigenvalue weighted by atomic mass is 10.00. The minimum atomic E-state index is 0.139. The van der Waals surface area contributed by atoms with Crippen molar-refractivity contribution in [3.8, 4) is 0 Å². The molecule has 1 fully saturated rings. The molecule has 92 valence electrons. The van der Waals surface area contributed by atoms with E-state index in [-0.39, 0.29) is 5.54 Å². The molecular weight excluding hydrogens is 230 g/mol. The van der Waals surface area contributed by atoms with Gasteiger partial charge >= 0.3 is 0 Å². The Morgan fingerprint density at radius 1 is 1.47 bits per heavy atom. The summed E-state index contributed by atoms with van der Waals surface area (Å²) in [5, 5.41) is 3.53. The number of thiocarbonyl (C=S) groups is 1. The molecule has 0 amide bonds. The van der Waals surface area contributed by atoms with Gasteiger partial charge in [0.15, 0.2) is 0 Å². The molecule has 1 aromatic heterocycles. The summed E-state index contributed by atoms with van der Waals surface area (Å²) in [6.45, 7) is 4.26. The summed E-state index contributed by atoms with van der Waals surface area (Å²) in [7, 11) is 0. The van der Waals surface area contributed by atoms with Crippen molar-refractivity contribution in [1.82, 2.24) is 4.98 Å². The Labute approximate surface area is 108 Å². The Hall–Kier alpha value is -1.16. The highest BCUT2D eigenvalue weighted by atomic mass is 32.1. The van der Waals surface area contributed by atoms with Crippen molar-refractivity contribution in [1.29, 1.82) is 0 Å². The molecule has 1 saturated carbocycles. The zero-order chi connectivity index (χ0) is 12.5. The second-order valence-corrected chi connectivity index (χ2v) is 5.55. The van der Waals surface area contributed by atoms with Crippen molar-refractivity contribution in [2.75, 3.05) is 5.32 Å². The van der Waals surface area contributed by atoms with Crippen LogP contribution in [0.5, 0.6) is 0 Å². The molecule has 0 unspecified atom stereocenters. The van der Waals surface area contributed by atoms with E-state index in [1.54, 1.807) is 6.20 Å². The van der Waals surface area contributed by atoms with E-state index in [2.05, 4.69) is 17.2 Å².